The highest BCUT2D eigenvalue weighted by molar-refractivity contribution is 9.10. The van der Waals surface area contributed by atoms with Gasteiger partial charge in [-0.3, -0.25) is 9.59 Å². The van der Waals surface area contributed by atoms with Crippen LogP contribution in [0.1, 0.15) is 23.2 Å². The fourth-order valence-corrected chi connectivity index (χ4v) is 3.60. The smallest absolute Gasteiger partial charge is 0.292 e. The number of hydrogen-bond acceptors (Lipinski definition) is 5. The van der Waals surface area contributed by atoms with Crippen molar-refractivity contribution >= 4 is 39.3 Å². The Morgan fingerprint density at radius 2 is 1.89 bits per heavy atom. The first-order valence-corrected chi connectivity index (χ1v) is 9.65. The van der Waals surface area contributed by atoms with Crippen LogP contribution in [-0.4, -0.2) is 59.1 Å². The van der Waals surface area contributed by atoms with Gasteiger partial charge in [-0.2, -0.15) is 0 Å². The molecule has 2 aromatic rings. The van der Waals surface area contributed by atoms with Gasteiger partial charge in [-0.1, -0.05) is 16.8 Å². The second-order valence-corrected chi connectivity index (χ2v) is 7.58. The van der Waals surface area contributed by atoms with Gasteiger partial charge in [-0.25, -0.2) is 0 Å². The van der Waals surface area contributed by atoms with Crippen molar-refractivity contribution < 1.29 is 18.8 Å². The molecule has 1 fully saturated rings. The summed E-state index contributed by atoms with van der Waals surface area (Å²) in [6, 6.07) is 6.74. The van der Waals surface area contributed by atoms with Gasteiger partial charge in [0.15, 0.2) is 6.10 Å². The van der Waals surface area contributed by atoms with Gasteiger partial charge in [0.05, 0.1) is 10.2 Å². The summed E-state index contributed by atoms with van der Waals surface area (Å²) in [6.07, 6.45) is -0.651. The second kappa shape index (κ2) is 8.31. The van der Waals surface area contributed by atoms with Crippen LogP contribution >= 0.6 is 27.5 Å². The monoisotopic (exact) mass is 455 g/mol. The van der Waals surface area contributed by atoms with Crippen LogP contribution in [0.15, 0.2) is 33.3 Å². The molecule has 0 spiro atoms. The van der Waals surface area contributed by atoms with E-state index in [1.807, 2.05) is 0 Å². The van der Waals surface area contributed by atoms with Crippen LogP contribution < -0.4 is 4.74 Å². The van der Waals surface area contributed by atoms with Gasteiger partial charge in [-0.05, 0) is 48.0 Å². The number of hydrogen-bond donors (Lipinski definition) is 0. The van der Waals surface area contributed by atoms with Crippen molar-refractivity contribution in [1.82, 2.24) is 15.0 Å². The van der Waals surface area contributed by atoms with E-state index in [1.54, 1.807) is 47.9 Å². The third-order valence-corrected chi connectivity index (χ3v) is 5.12. The molecule has 1 atom stereocenters. The molecule has 0 saturated carbocycles. The summed E-state index contributed by atoms with van der Waals surface area (Å²) in [4.78, 5) is 28.4. The normalized spacial score (nSPS) is 15.6. The van der Waals surface area contributed by atoms with Gasteiger partial charge in [0, 0.05) is 37.3 Å². The molecular formula is C18H19BrClN3O4. The first kappa shape index (κ1) is 19.7. The molecule has 1 aromatic carbocycles. The van der Waals surface area contributed by atoms with Crippen LogP contribution in [0, 0.1) is 6.92 Å². The molecule has 7 nitrogen and oxygen atoms in total. The molecule has 2 amide bonds. The van der Waals surface area contributed by atoms with Crippen molar-refractivity contribution in [3.63, 3.8) is 0 Å². The Labute approximate surface area is 170 Å². The lowest BCUT2D eigenvalue weighted by Crippen LogP contribution is -2.53. The quantitative estimate of drug-likeness (QED) is 0.706. The number of aromatic nitrogens is 1. The molecule has 0 N–H and O–H groups in total. The molecule has 1 aromatic heterocycles. The first-order valence-electron chi connectivity index (χ1n) is 8.48. The highest BCUT2D eigenvalue weighted by Crippen LogP contribution is 2.29. The number of carbonyl (C=O) groups is 2. The average molecular weight is 457 g/mol. The molecule has 0 bridgehead atoms. The number of piperazine rings is 1. The standard InChI is InChI=1S/C18H19BrClN3O4/c1-11-9-16(27-21-11)18(25)23-7-5-22(6-8-23)17(24)12(2)26-15-4-3-13(20)10-14(15)19/h3-4,9-10,12H,5-8H2,1-2H3. The molecule has 2 heterocycles. The number of carbonyl (C=O) groups excluding carboxylic acids is 2. The SMILES string of the molecule is Cc1cc(C(=O)N2CCN(C(=O)C(C)Oc3ccc(Cl)cc3Br)CC2)on1. The van der Waals surface area contributed by atoms with E-state index in [0.29, 0.717) is 47.1 Å². The fraction of sp³-hybridized carbons (Fsp3) is 0.389. The van der Waals surface area contributed by atoms with Crippen molar-refractivity contribution in [2.24, 2.45) is 0 Å². The summed E-state index contributed by atoms with van der Waals surface area (Å²) in [6.45, 7) is 5.21. The maximum absolute atomic E-state index is 12.7. The number of ether oxygens (including phenoxy) is 1. The lowest BCUT2D eigenvalue weighted by molar-refractivity contribution is -0.139. The number of aryl methyl sites for hydroxylation is 1. The molecule has 1 unspecified atom stereocenters. The van der Waals surface area contributed by atoms with Gasteiger partial charge in [0.2, 0.25) is 5.76 Å². The summed E-state index contributed by atoms with van der Waals surface area (Å²) >= 11 is 9.30. The van der Waals surface area contributed by atoms with E-state index in [-0.39, 0.29) is 17.6 Å². The Balaban J connectivity index is 1.55. The van der Waals surface area contributed by atoms with E-state index in [4.69, 9.17) is 20.9 Å². The summed E-state index contributed by atoms with van der Waals surface area (Å²) in [7, 11) is 0. The Morgan fingerprint density at radius 3 is 2.48 bits per heavy atom. The van der Waals surface area contributed by atoms with E-state index in [2.05, 4.69) is 21.1 Å². The summed E-state index contributed by atoms with van der Waals surface area (Å²) in [5.74, 6) is 0.433. The molecule has 1 aliphatic rings. The molecule has 0 radical (unpaired) electrons. The fourth-order valence-electron chi connectivity index (χ4n) is 2.82. The molecule has 144 valence electrons. The molecule has 3 rings (SSSR count). The van der Waals surface area contributed by atoms with Crippen LogP contribution in [0.25, 0.3) is 0 Å². The highest BCUT2D eigenvalue weighted by atomic mass is 79.9. The Kier molecular flexibility index (Phi) is 6.06. The zero-order chi connectivity index (χ0) is 19.6. The Hall–Kier alpha value is -2.06. The van der Waals surface area contributed by atoms with Crippen LogP contribution in [0.4, 0.5) is 0 Å². The summed E-state index contributed by atoms with van der Waals surface area (Å²) in [5.41, 5.74) is 0.659. The molecule has 27 heavy (non-hydrogen) atoms. The largest absolute Gasteiger partial charge is 0.480 e. The van der Waals surface area contributed by atoms with Gasteiger partial charge in [0.1, 0.15) is 5.75 Å². The lowest BCUT2D eigenvalue weighted by atomic mass is 10.2. The maximum Gasteiger partial charge on any atom is 0.292 e. The van der Waals surface area contributed by atoms with E-state index in [1.165, 1.54) is 0 Å². The van der Waals surface area contributed by atoms with Crippen LogP contribution in [-0.2, 0) is 4.79 Å². The van der Waals surface area contributed by atoms with Gasteiger partial charge < -0.3 is 19.1 Å². The van der Waals surface area contributed by atoms with Crippen molar-refractivity contribution in [2.45, 2.75) is 20.0 Å². The molecule has 0 aliphatic carbocycles. The first-order chi connectivity index (χ1) is 12.8. The number of benzene rings is 1. The number of halogens is 2. The minimum Gasteiger partial charge on any atom is -0.480 e. The average Bonchev–Trinajstić information content (AvgIpc) is 3.09. The summed E-state index contributed by atoms with van der Waals surface area (Å²) < 4.78 is 11.5. The number of amides is 2. The van der Waals surface area contributed by atoms with Crippen molar-refractivity contribution in [1.29, 1.82) is 0 Å². The van der Waals surface area contributed by atoms with Gasteiger partial charge in [0.25, 0.3) is 11.8 Å². The minimum absolute atomic E-state index is 0.126. The third kappa shape index (κ3) is 4.62. The minimum atomic E-state index is -0.651. The topological polar surface area (TPSA) is 75.9 Å². The zero-order valence-corrected chi connectivity index (χ0v) is 17.3. The zero-order valence-electron chi connectivity index (χ0n) is 14.9. The molecule has 9 heteroatoms. The van der Waals surface area contributed by atoms with Crippen molar-refractivity contribution in [3.05, 3.63) is 45.2 Å². The predicted molar refractivity (Wildman–Crippen MR) is 103 cm³/mol. The molecular weight excluding hydrogens is 438 g/mol. The Bertz CT molecular complexity index is 849. The van der Waals surface area contributed by atoms with Gasteiger partial charge in [-0.15, -0.1) is 0 Å². The van der Waals surface area contributed by atoms with Crippen LogP contribution in [0.3, 0.4) is 0 Å². The van der Waals surface area contributed by atoms with E-state index in [0.717, 1.165) is 0 Å². The Morgan fingerprint density at radius 1 is 1.22 bits per heavy atom. The lowest BCUT2D eigenvalue weighted by Gasteiger charge is -2.35. The molecule has 1 saturated heterocycles. The second-order valence-electron chi connectivity index (χ2n) is 6.28. The van der Waals surface area contributed by atoms with Crippen molar-refractivity contribution in [3.8, 4) is 5.75 Å². The highest BCUT2D eigenvalue weighted by Gasteiger charge is 2.29. The third-order valence-electron chi connectivity index (χ3n) is 4.26. The van der Waals surface area contributed by atoms with Gasteiger partial charge >= 0.3 is 0 Å². The summed E-state index contributed by atoms with van der Waals surface area (Å²) in [5, 5.41) is 4.32. The maximum atomic E-state index is 12.7. The van der Waals surface area contributed by atoms with Crippen LogP contribution in [0.2, 0.25) is 5.02 Å². The van der Waals surface area contributed by atoms with E-state index < -0.39 is 6.10 Å². The van der Waals surface area contributed by atoms with Crippen molar-refractivity contribution in [2.75, 3.05) is 26.2 Å². The predicted octanol–water partition coefficient (Wildman–Crippen LogP) is 3.15. The van der Waals surface area contributed by atoms with E-state index >= 15 is 0 Å². The molecule has 1 aliphatic heterocycles. The number of nitrogens with zero attached hydrogens (tertiary/aromatic N) is 3. The van der Waals surface area contributed by atoms with Crippen LogP contribution in [0.5, 0.6) is 5.75 Å². The number of rotatable bonds is 4. The van der Waals surface area contributed by atoms with E-state index in [9.17, 15) is 9.59 Å².